The third kappa shape index (κ3) is 5.56. The summed E-state index contributed by atoms with van der Waals surface area (Å²) in [7, 11) is 0. The lowest BCUT2D eigenvalue weighted by molar-refractivity contribution is -0.132. The number of likely N-dealkylation sites (tertiary alicyclic amines) is 1. The molecule has 0 saturated carbocycles. The number of nitrogens with zero attached hydrogens (tertiary/aromatic N) is 3. The average Bonchev–Trinajstić information content (AvgIpc) is 2.74. The quantitative estimate of drug-likeness (QED) is 0.583. The molecule has 1 aromatic carbocycles. The minimum atomic E-state index is -0.0463. The second-order valence-corrected chi connectivity index (χ2v) is 8.13. The molecule has 7 heteroatoms. The SMILES string of the molecule is CSc1nc(C)c(CCC(=O)N2CCC(NC(=O)c3ccccc3)CC2)c(C)n1. The van der Waals surface area contributed by atoms with Crippen LogP contribution in [0.25, 0.3) is 0 Å². The summed E-state index contributed by atoms with van der Waals surface area (Å²) >= 11 is 1.53. The Morgan fingerprint density at radius 3 is 2.31 bits per heavy atom. The minimum Gasteiger partial charge on any atom is -0.349 e. The van der Waals surface area contributed by atoms with E-state index in [2.05, 4.69) is 15.3 Å². The number of benzene rings is 1. The molecule has 0 unspecified atom stereocenters. The smallest absolute Gasteiger partial charge is 0.251 e. The Balaban J connectivity index is 1.47. The number of carbonyl (C=O) groups excluding carboxylic acids is 2. The van der Waals surface area contributed by atoms with Crippen molar-refractivity contribution in [1.82, 2.24) is 20.2 Å². The molecule has 2 aromatic rings. The van der Waals surface area contributed by atoms with Crippen LogP contribution in [0.15, 0.2) is 35.5 Å². The first kappa shape index (κ1) is 21.3. The zero-order chi connectivity index (χ0) is 20.8. The molecule has 1 aliphatic heterocycles. The second-order valence-electron chi connectivity index (χ2n) is 7.35. The minimum absolute atomic E-state index is 0.0463. The van der Waals surface area contributed by atoms with Gasteiger partial charge < -0.3 is 10.2 Å². The molecule has 1 aromatic heterocycles. The van der Waals surface area contributed by atoms with Gasteiger partial charge in [-0.2, -0.15) is 0 Å². The molecule has 2 amide bonds. The van der Waals surface area contributed by atoms with Crippen molar-refractivity contribution in [3.63, 3.8) is 0 Å². The highest BCUT2D eigenvalue weighted by atomic mass is 32.2. The van der Waals surface area contributed by atoms with Crippen molar-refractivity contribution in [2.45, 2.75) is 50.7 Å². The van der Waals surface area contributed by atoms with E-state index in [1.54, 1.807) is 0 Å². The molecule has 1 saturated heterocycles. The van der Waals surface area contributed by atoms with Crippen molar-refractivity contribution in [2.24, 2.45) is 0 Å². The molecule has 29 heavy (non-hydrogen) atoms. The summed E-state index contributed by atoms with van der Waals surface area (Å²) in [6.07, 6.45) is 4.66. The van der Waals surface area contributed by atoms with Crippen LogP contribution in [-0.4, -0.2) is 52.1 Å². The van der Waals surface area contributed by atoms with Crippen molar-refractivity contribution in [3.05, 3.63) is 52.8 Å². The third-order valence-electron chi connectivity index (χ3n) is 5.39. The van der Waals surface area contributed by atoms with Crippen LogP contribution in [0.2, 0.25) is 0 Å². The summed E-state index contributed by atoms with van der Waals surface area (Å²) < 4.78 is 0. The first-order valence-electron chi connectivity index (χ1n) is 9.99. The predicted molar refractivity (Wildman–Crippen MR) is 115 cm³/mol. The molecule has 1 fully saturated rings. The number of carbonyl (C=O) groups is 2. The molecule has 3 rings (SSSR count). The van der Waals surface area contributed by atoms with Crippen molar-refractivity contribution in [1.29, 1.82) is 0 Å². The van der Waals surface area contributed by atoms with Gasteiger partial charge in [-0.15, -0.1) is 0 Å². The highest BCUT2D eigenvalue weighted by Crippen LogP contribution is 2.18. The van der Waals surface area contributed by atoms with Crippen LogP contribution < -0.4 is 5.32 Å². The Labute approximate surface area is 176 Å². The van der Waals surface area contributed by atoms with Gasteiger partial charge in [-0.3, -0.25) is 9.59 Å². The van der Waals surface area contributed by atoms with Crippen molar-refractivity contribution in [3.8, 4) is 0 Å². The van der Waals surface area contributed by atoms with E-state index in [1.807, 2.05) is 55.3 Å². The largest absolute Gasteiger partial charge is 0.349 e. The van der Waals surface area contributed by atoms with Gasteiger partial charge in [0.25, 0.3) is 5.91 Å². The van der Waals surface area contributed by atoms with E-state index in [0.717, 1.165) is 34.9 Å². The predicted octanol–water partition coefficient (Wildman–Crippen LogP) is 3.17. The Kier molecular flexibility index (Phi) is 7.25. The van der Waals surface area contributed by atoms with Crippen LogP contribution in [0.5, 0.6) is 0 Å². The molecule has 1 N–H and O–H groups in total. The van der Waals surface area contributed by atoms with Crippen LogP contribution in [-0.2, 0) is 11.2 Å². The second kappa shape index (κ2) is 9.87. The molecule has 0 radical (unpaired) electrons. The first-order chi connectivity index (χ1) is 14.0. The molecule has 154 valence electrons. The number of hydrogen-bond acceptors (Lipinski definition) is 5. The Morgan fingerprint density at radius 1 is 1.10 bits per heavy atom. The molecule has 0 bridgehead atoms. The summed E-state index contributed by atoms with van der Waals surface area (Å²) in [4.78, 5) is 35.8. The fourth-order valence-corrected chi connectivity index (χ4v) is 4.14. The number of hydrogen-bond donors (Lipinski definition) is 1. The lowest BCUT2D eigenvalue weighted by Gasteiger charge is -2.32. The maximum absolute atomic E-state index is 12.7. The summed E-state index contributed by atoms with van der Waals surface area (Å²) in [5.74, 6) is 0.112. The number of amides is 2. The zero-order valence-corrected chi connectivity index (χ0v) is 18.1. The van der Waals surface area contributed by atoms with Crippen molar-refractivity contribution in [2.75, 3.05) is 19.3 Å². The average molecular weight is 413 g/mol. The summed E-state index contributed by atoms with van der Waals surface area (Å²) in [5.41, 5.74) is 3.65. The fourth-order valence-electron chi connectivity index (χ4n) is 3.68. The van der Waals surface area contributed by atoms with Crippen LogP contribution >= 0.6 is 11.8 Å². The summed E-state index contributed by atoms with van der Waals surface area (Å²) in [6.45, 7) is 5.32. The summed E-state index contributed by atoms with van der Waals surface area (Å²) in [6, 6.07) is 9.36. The molecule has 0 aliphatic carbocycles. The fraction of sp³-hybridized carbons (Fsp3) is 0.455. The lowest BCUT2D eigenvalue weighted by Crippen LogP contribution is -2.46. The Hall–Kier alpha value is -2.41. The standard InChI is InChI=1S/C22H28N4O2S/c1-15-19(16(2)24-22(23-15)29-3)9-10-20(27)26-13-11-18(12-14-26)25-21(28)17-7-5-4-6-8-17/h4-8,18H,9-14H2,1-3H3,(H,25,28). The third-order valence-corrected chi connectivity index (χ3v) is 5.94. The topological polar surface area (TPSA) is 75.2 Å². The van der Waals surface area contributed by atoms with E-state index >= 15 is 0 Å². The molecular formula is C22H28N4O2S. The van der Waals surface area contributed by atoms with E-state index in [1.165, 1.54) is 11.8 Å². The monoisotopic (exact) mass is 412 g/mol. The molecule has 0 atom stereocenters. The number of rotatable bonds is 6. The van der Waals surface area contributed by atoms with Gasteiger partial charge in [0, 0.05) is 42.5 Å². The van der Waals surface area contributed by atoms with Crippen LogP contribution in [0.1, 0.15) is 46.6 Å². The number of aromatic nitrogens is 2. The van der Waals surface area contributed by atoms with Crippen molar-refractivity contribution < 1.29 is 9.59 Å². The Bertz CT molecular complexity index is 841. The van der Waals surface area contributed by atoms with E-state index in [0.29, 0.717) is 31.5 Å². The van der Waals surface area contributed by atoms with Gasteiger partial charge in [-0.05, 0) is 57.1 Å². The summed E-state index contributed by atoms with van der Waals surface area (Å²) in [5, 5.41) is 3.86. The number of thioether (sulfide) groups is 1. The van der Waals surface area contributed by atoms with Gasteiger partial charge in [-0.1, -0.05) is 30.0 Å². The van der Waals surface area contributed by atoms with Gasteiger partial charge in [0.2, 0.25) is 5.91 Å². The first-order valence-corrected chi connectivity index (χ1v) is 11.2. The zero-order valence-electron chi connectivity index (χ0n) is 17.3. The Morgan fingerprint density at radius 2 is 1.72 bits per heavy atom. The number of nitrogens with one attached hydrogen (secondary N) is 1. The van der Waals surface area contributed by atoms with Gasteiger partial charge >= 0.3 is 0 Å². The van der Waals surface area contributed by atoms with Gasteiger partial charge in [0.15, 0.2) is 5.16 Å². The van der Waals surface area contributed by atoms with E-state index in [4.69, 9.17) is 0 Å². The van der Waals surface area contributed by atoms with Crippen LogP contribution in [0.3, 0.4) is 0 Å². The maximum Gasteiger partial charge on any atom is 0.251 e. The van der Waals surface area contributed by atoms with Gasteiger partial charge in [0.05, 0.1) is 0 Å². The van der Waals surface area contributed by atoms with Gasteiger partial charge in [0.1, 0.15) is 0 Å². The van der Waals surface area contributed by atoms with Gasteiger partial charge in [-0.25, -0.2) is 9.97 Å². The number of aryl methyl sites for hydroxylation is 2. The van der Waals surface area contributed by atoms with Crippen molar-refractivity contribution >= 4 is 23.6 Å². The molecule has 6 nitrogen and oxygen atoms in total. The maximum atomic E-state index is 12.7. The van der Waals surface area contributed by atoms with E-state index in [-0.39, 0.29) is 17.9 Å². The number of piperidine rings is 1. The van der Waals surface area contributed by atoms with Crippen LogP contribution in [0, 0.1) is 13.8 Å². The lowest BCUT2D eigenvalue weighted by atomic mass is 10.0. The van der Waals surface area contributed by atoms with E-state index in [9.17, 15) is 9.59 Å². The highest BCUT2D eigenvalue weighted by Gasteiger charge is 2.24. The molecular weight excluding hydrogens is 384 g/mol. The molecule has 1 aliphatic rings. The molecule has 0 spiro atoms. The molecule has 2 heterocycles. The van der Waals surface area contributed by atoms with E-state index < -0.39 is 0 Å². The highest BCUT2D eigenvalue weighted by molar-refractivity contribution is 7.98. The van der Waals surface area contributed by atoms with Crippen LogP contribution in [0.4, 0.5) is 0 Å². The normalized spacial score (nSPS) is 14.7.